The van der Waals surface area contributed by atoms with Gasteiger partial charge in [-0.3, -0.25) is 0 Å². The van der Waals surface area contributed by atoms with Gasteiger partial charge in [0.25, 0.3) is 15.0 Å². The predicted octanol–water partition coefficient (Wildman–Crippen LogP) is 1.46. The number of benzene rings is 1. The quantitative estimate of drug-likeness (QED) is 0.862. The fourth-order valence-electron chi connectivity index (χ4n) is 1.29. The zero-order chi connectivity index (χ0) is 11.7. The molecule has 84 valence electrons. The maximum atomic E-state index is 14.1. The molecule has 1 aromatic rings. The van der Waals surface area contributed by atoms with E-state index in [9.17, 15) is 17.2 Å². The molecular weight excluding hydrogens is 224 g/mol. The number of rotatable bonds is 3. The lowest BCUT2D eigenvalue weighted by Gasteiger charge is -2.24. The Kier molecular flexibility index (Phi) is 3.11. The number of alkyl halides is 2. The highest BCUT2D eigenvalue weighted by molar-refractivity contribution is 7.90. The molecule has 0 amide bonds. The first-order chi connectivity index (χ1) is 6.80. The van der Waals surface area contributed by atoms with Crippen LogP contribution < -0.4 is 5.14 Å². The van der Waals surface area contributed by atoms with Gasteiger partial charge in [-0.15, -0.1) is 0 Å². The minimum absolute atomic E-state index is 0.303. The van der Waals surface area contributed by atoms with E-state index in [-0.39, 0.29) is 5.56 Å². The Morgan fingerprint density at radius 2 is 1.80 bits per heavy atom. The third kappa shape index (κ3) is 2.00. The molecule has 0 aliphatic rings. The van der Waals surface area contributed by atoms with E-state index in [0.717, 1.165) is 6.92 Å². The van der Waals surface area contributed by atoms with E-state index in [1.54, 1.807) is 6.07 Å². The molecule has 1 rings (SSSR count). The molecule has 15 heavy (non-hydrogen) atoms. The summed E-state index contributed by atoms with van der Waals surface area (Å²) in [5, 5.41) is 1.52. The predicted molar refractivity (Wildman–Crippen MR) is 52.9 cm³/mol. The SMILES string of the molecule is CC(F)C(F)(c1ccccc1)S(N)(=O)=O. The summed E-state index contributed by atoms with van der Waals surface area (Å²) in [6.07, 6.45) is -2.24. The average molecular weight is 235 g/mol. The summed E-state index contributed by atoms with van der Waals surface area (Å²) in [5.41, 5.74) is -0.303. The van der Waals surface area contributed by atoms with Gasteiger partial charge in [0.2, 0.25) is 0 Å². The van der Waals surface area contributed by atoms with Crippen LogP contribution in [0.5, 0.6) is 0 Å². The summed E-state index contributed by atoms with van der Waals surface area (Å²) in [6.45, 7) is 0.817. The molecule has 3 nitrogen and oxygen atoms in total. The molecule has 0 aliphatic heterocycles. The van der Waals surface area contributed by atoms with Crippen molar-refractivity contribution in [2.24, 2.45) is 5.14 Å². The van der Waals surface area contributed by atoms with Gasteiger partial charge in [-0.2, -0.15) is 0 Å². The van der Waals surface area contributed by atoms with Crippen LogP contribution in [-0.4, -0.2) is 14.6 Å². The molecule has 0 aliphatic carbocycles. The van der Waals surface area contributed by atoms with Gasteiger partial charge in [0.15, 0.2) is 6.17 Å². The van der Waals surface area contributed by atoms with Crippen molar-refractivity contribution in [2.45, 2.75) is 18.1 Å². The van der Waals surface area contributed by atoms with E-state index in [0.29, 0.717) is 0 Å². The molecule has 0 bridgehead atoms. The number of hydrogen-bond donors (Lipinski definition) is 1. The fourth-order valence-corrected chi connectivity index (χ4v) is 2.20. The largest absolute Gasteiger partial charge is 0.279 e. The first kappa shape index (κ1) is 12.1. The van der Waals surface area contributed by atoms with Gasteiger partial charge in [0.05, 0.1) is 0 Å². The number of halogens is 2. The standard InChI is InChI=1S/C9H11F2NO2S/c1-7(10)9(11,15(12,13)14)8-5-3-2-4-6-8/h2-7H,1H3,(H2,12,13,14). The summed E-state index contributed by atoms with van der Waals surface area (Å²) in [7, 11) is -4.66. The van der Waals surface area contributed by atoms with Crippen LogP contribution in [0.3, 0.4) is 0 Å². The van der Waals surface area contributed by atoms with E-state index >= 15 is 0 Å². The fraction of sp³-hybridized carbons (Fsp3) is 0.333. The van der Waals surface area contributed by atoms with E-state index in [2.05, 4.69) is 0 Å². The topological polar surface area (TPSA) is 60.2 Å². The summed E-state index contributed by atoms with van der Waals surface area (Å²) in [4.78, 5) is 0. The zero-order valence-electron chi connectivity index (χ0n) is 8.02. The second-order valence-corrected chi connectivity index (χ2v) is 4.86. The Morgan fingerprint density at radius 1 is 1.33 bits per heavy atom. The van der Waals surface area contributed by atoms with Crippen LogP contribution in [0.1, 0.15) is 12.5 Å². The molecule has 0 radical (unpaired) electrons. The van der Waals surface area contributed by atoms with Gasteiger partial charge in [-0.25, -0.2) is 22.3 Å². The molecule has 2 atom stereocenters. The van der Waals surface area contributed by atoms with E-state index < -0.39 is 21.2 Å². The summed E-state index contributed by atoms with van der Waals surface area (Å²) >= 11 is 0. The minimum Gasteiger partial charge on any atom is -0.243 e. The molecule has 0 heterocycles. The summed E-state index contributed by atoms with van der Waals surface area (Å²) < 4.78 is 49.3. The molecule has 2 N–H and O–H groups in total. The number of primary sulfonamides is 1. The Balaban J connectivity index is 3.39. The van der Waals surface area contributed by atoms with Crippen molar-refractivity contribution in [1.82, 2.24) is 0 Å². The van der Waals surface area contributed by atoms with Crippen molar-refractivity contribution in [2.75, 3.05) is 0 Å². The Morgan fingerprint density at radius 3 is 2.13 bits per heavy atom. The maximum Gasteiger partial charge on any atom is 0.279 e. The van der Waals surface area contributed by atoms with Crippen molar-refractivity contribution in [3.63, 3.8) is 0 Å². The average Bonchev–Trinajstić information content (AvgIpc) is 2.16. The van der Waals surface area contributed by atoms with Gasteiger partial charge in [0.1, 0.15) is 0 Å². The summed E-state index contributed by atoms with van der Waals surface area (Å²) in [5.74, 6) is 0. The molecular formula is C9H11F2NO2S. The lowest BCUT2D eigenvalue weighted by molar-refractivity contribution is 0.138. The number of hydrogen-bond acceptors (Lipinski definition) is 2. The number of sulfonamides is 1. The Labute approximate surface area is 87.0 Å². The third-order valence-corrected chi connectivity index (χ3v) is 3.48. The van der Waals surface area contributed by atoms with Gasteiger partial charge in [-0.05, 0) is 6.92 Å². The van der Waals surface area contributed by atoms with Crippen LogP contribution in [0.2, 0.25) is 0 Å². The molecule has 1 aromatic carbocycles. The first-order valence-corrected chi connectivity index (χ1v) is 5.75. The molecule has 0 fully saturated rings. The molecule has 0 saturated heterocycles. The Hall–Kier alpha value is -1.01. The van der Waals surface area contributed by atoms with Crippen LogP contribution >= 0.6 is 0 Å². The van der Waals surface area contributed by atoms with Crippen molar-refractivity contribution in [3.8, 4) is 0 Å². The van der Waals surface area contributed by atoms with Gasteiger partial charge >= 0.3 is 0 Å². The number of nitrogens with two attached hydrogens (primary N) is 1. The highest BCUT2D eigenvalue weighted by Gasteiger charge is 2.49. The Bertz CT molecular complexity index is 433. The maximum absolute atomic E-state index is 14.1. The van der Waals surface area contributed by atoms with Gasteiger partial charge in [-0.1, -0.05) is 30.3 Å². The van der Waals surface area contributed by atoms with Crippen molar-refractivity contribution in [1.29, 1.82) is 0 Å². The van der Waals surface area contributed by atoms with Crippen LogP contribution in [-0.2, 0) is 15.0 Å². The lowest BCUT2D eigenvalue weighted by atomic mass is 10.1. The van der Waals surface area contributed by atoms with Crippen molar-refractivity contribution in [3.05, 3.63) is 35.9 Å². The second kappa shape index (κ2) is 3.86. The molecule has 2 unspecified atom stereocenters. The molecule has 0 saturated carbocycles. The normalized spacial score (nSPS) is 18.1. The minimum atomic E-state index is -4.66. The zero-order valence-corrected chi connectivity index (χ0v) is 8.84. The van der Waals surface area contributed by atoms with Gasteiger partial charge < -0.3 is 0 Å². The summed E-state index contributed by atoms with van der Waals surface area (Å²) in [6, 6.07) is 6.76. The molecule has 6 heteroatoms. The van der Waals surface area contributed by atoms with E-state index in [1.165, 1.54) is 24.3 Å². The first-order valence-electron chi connectivity index (χ1n) is 4.21. The lowest BCUT2D eigenvalue weighted by Crippen LogP contribution is -2.43. The van der Waals surface area contributed by atoms with Crippen LogP contribution in [0.25, 0.3) is 0 Å². The molecule has 0 aromatic heterocycles. The highest BCUT2D eigenvalue weighted by Crippen LogP contribution is 2.35. The molecule has 0 spiro atoms. The van der Waals surface area contributed by atoms with Crippen LogP contribution in [0.15, 0.2) is 30.3 Å². The second-order valence-electron chi connectivity index (χ2n) is 3.17. The van der Waals surface area contributed by atoms with Gasteiger partial charge in [0, 0.05) is 5.56 Å². The third-order valence-electron chi connectivity index (χ3n) is 2.09. The van der Waals surface area contributed by atoms with E-state index in [1.807, 2.05) is 0 Å². The highest BCUT2D eigenvalue weighted by atomic mass is 32.2. The van der Waals surface area contributed by atoms with Crippen molar-refractivity contribution >= 4 is 10.0 Å². The van der Waals surface area contributed by atoms with Crippen molar-refractivity contribution < 1.29 is 17.2 Å². The van der Waals surface area contributed by atoms with Crippen LogP contribution in [0.4, 0.5) is 8.78 Å². The smallest absolute Gasteiger partial charge is 0.243 e. The monoisotopic (exact) mass is 235 g/mol. The van der Waals surface area contributed by atoms with E-state index in [4.69, 9.17) is 5.14 Å². The van der Waals surface area contributed by atoms with Crippen LogP contribution in [0, 0.1) is 0 Å².